The Kier molecular flexibility index (Phi) is 5.43. The number of anilines is 1. The van der Waals surface area contributed by atoms with Crippen LogP contribution in [0.2, 0.25) is 0 Å². The lowest BCUT2D eigenvalue weighted by molar-refractivity contribution is 0.602. The second-order valence-corrected chi connectivity index (χ2v) is 6.08. The lowest BCUT2D eigenvalue weighted by atomic mass is 10.2. The minimum Gasteiger partial charge on any atom is -0.357 e. The van der Waals surface area contributed by atoms with Crippen LogP contribution in [0.4, 0.5) is 10.2 Å². The van der Waals surface area contributed by atoms with Gasteiger partial charge in [0, 0.05) is 30.9 Å². The highest BCUT2D eigenvalue weighted by Gasteiger charge is 2.20. The molecule has 0 spiro atoms. The van der Waals surface area contributed by atoms with Gasteiger partial charge in [-0.3, -0.25) is 4.98 Å². The Bertz CT molecular complexity index is 783. The van der Waals surface area contributed by atoms with Gasteiger partial charge < -0.3 is 4.90 Å². The van der Waals surface area contributed by atoms with Crippen LogP contribution in [0.5, 0.6) is 0 Å². The number of aromatic nitrogens is 3. The van der Waals surface area contributed by atoms with Gasteiger partial charge in [-0.2, -0.15) is 5.10 Å². The molecule has 25 heavy (non-hydrogen) atoms. The van der Waals surface area contributed by atoms with Crippen LogP contribution in [0.1, 0.15) is 19.8 Å². The third kappa shape index (κ3) is 4.05. The second-order valence-electron chi connectivity index (χ2n) is 6.08. The number of rotatable bonds is 6. The van der Waals surface area contributed by atoms with E-state index in [1.807, 2.05) is 48.0 Å². The van der Waals surface area contributed by atoms with Crippen LogP contribution < -0.4 is 4.90 Å². The molecule has 0 amide bonds. The van der Waals surface area contributed by atoms with Crippen LogP contribution in [-0.2, 0) is 6.54 Å². The molecule has 0 unspecified atom stereocenters. The van der Waals surface area contributed by atoms with Crippen molar-refractivity contribution in [2.75, 3.05) is 18.0 Å². The van der Waals surface area contributed by atoms with E-state index in [4.69, 9.17) is 5.10 Å². The summed E-state index contributed by atoms with van der Waals surface area (Å²) in [6.45, 7) is 7.70. The number of nitrogens with zero attached hydrogens (tertiary/aromatic N) is 4. The average molecular weight is 338 g/mol. The lowest BCUT2D eigenvalue weighted by Gasteiger charge is -2.19. The van der Waals surface area contributed by atoms with Gasteiger partial charge in [0.2, 0.25) is 0 Å². The van der Waals surface area contributed by atoms with Gasteiger partial charge in [0.1, 0.15) is 17.3 Å². The van der Waals surface area contributed by atoms with Crippen LogP contribution in [0.3, 0.4) is 0 Å². The standard InChI is InChI=1S/C20H23FN4/c1-3-4-9-17(16(2)21)15-25-20(24-12-7-8-13-24)14-19(23-25)18-10-5-6-11-22-18/h3-6,9-11,14H,2,7-8,12-13,15H2,1H3. The molecule has 4 nitrogen and oxygen atoms in total. The predicted molar refractivity (Wildman–Crippen MR) is 100 cm³/mol. The highest BCUT2D eigenvalue weighted by atomic mass is 19.1. The second kappa shape index (κ2) is 7.92. The minimum absolute atomic E-state index is 0.346. The molecule has 1 fully saturated rings. The maximum atomic E-state index is 13.8. The molecule has 2 aromatic heterocycles. The van der Waals surface area contributed by atoms with E-state index in [0.29, 0.717) is 12.1 Å². The molecule has 0 aliphatic carbocycles. The first-order valence-corrected chi connectivity index (χ1v) is 8.60. The summed E-state index contributed by atoms with van der Waals surface area (Å²) in [6.07, 6.45) is 9.52. The van der Waals surface area contributed by atoms with E-state index >= 15 is 0 Å². The maximum Gasteiger partial charge on any atom is 0.127 e. The predicted octanol–water partition coefficient (Wildman–Crippen LogP) is 4.53. The molecule has 0 N–H and O–H groups in total. The van der Waals surface area contributed by atoms with Crippen LogP contribution >= 0.6 is 0 Å². The van der Waals surface area contributed by atoms with Crippen molar-refractivity contribution in [3.8, 4) is 11.4 Å². The molecule has 1 aliphatic heterocycles. The first kappa shape index (κ1) is 17.1. The highest BCUT2D eigenvalue weighted by Crippen LogP contribution is 2.27. The van der Waals surface area contributed by atoms with E-state index in [9.17, 15) is 4.39 Å². The molecular weight excluding hydrogens is 315 g/mol. The maximum absolute atomic E-state index is 13.8. The molecule has 130 valence electrons. The van der Waals surface area contributed by atoms with Crippen LogP contribution in [0.25, 0.3) is 11.4 Å². The van der Waals surface area contributed by atoms with Gasteiger partial charge in [-0.05, 0) is 31.9 Å². The van der Waals surface area contributed by atoms with Gasteiger partial charge in [0.25, 0.3) is 0 Å². The fourth-order valence-electron chi connectivity index (χ4n) is 2.97. The zero-order valence-electron chi connectivity index (χ0n) is 14.5. The molecule has 3 rings (SSSR count). The van der Waals surface area contributed by atoms with E-state index in [-0.39, 0.29) is 0 Å². The largest absolute Gasteiger partial charge is 0.357 e. The third-order valence-corrected chi connectivity index (χ3v) is 4.27. The SMILES string of the molecule is C=C(F)C(=CC=CC)Cn1nc(-c2ccccn2)cc1N1CCCC1. The summed E-state index contributed by atoms with van der Waals surface area (Å²) in [5, 5.41) is 4.70. The van der Waals surface area contributed by atoms with Crippen molar-refractivity contribution in [2.24, 2.45) is 0 Å². The molecule has 3 heterocycles. The summed E-state index contributed by atoms with van der Waals surface area (Å²) in [4.78, 5) is 6.68. The van der Waals surface area contributed by atoms with Gasteiger partial charge in [0.05, 0.1) is 12.2 Å². The first-order valence-electron chi connectivity index (χ1n) is 8.60. The normalized spacial score (nSPS) is 15.3. The van der Waals surface area contributed by atoms with E-state index in [1.54, 1.807) is 12.3 Å². The quantitative estimate of drug-likeness (QED) is 0.726. The van der Waals surface area contributed by atoms with Crippen molar-refractivity contribution >= 4 is 5.82 Å². The van der Waals surface area contributed by atoms with Gasteiger partial charge >= 0.3 is 0 Å². The Balaban J connectivity index is 1.98. The fourth-order valence-corrected chi connectivity index (χ4v) is 2.97. The molecule has 0 aromatic carbocycles. The monoisotopic (exact) mass is 338 g/mol. The number of pyridine rings is 1. The van der Waals surface area contributed by atoms with Gasteiger partial charge in [-0.1, -0.05) is 30.9 Å². The zero-order chi connectivity index (χ0) is 17.6. The third-order valence-electron chi connectivity index (χ3n) is 4.27. The van der Waals surface area contributed by atoms with Crippen molar-refractivity contribution in [1.82, 2.24) is 14.8 Å². The Hall–Kier alpha value is -2.69. The zero-order valence-corrected chi connectivity index (χ0v) is 14.5. The van der Waals surface area contributed by atoms with Gasteiger partial charge in [-0.25, -0.2) is 9.07 Å². The topological polar surface area (TPSA) is 34.0 Å². The summed E-state index contributed by atoms with van der Waals surface area (Å²) in [5.41, 5.74) is 2.14. The van der Waals surface area contributed by atoms with Crippen molar-refractivity contribution in [3.05, 3.63) is 66.7 Å². The Morgan fingerprint density at radius 1 is 1.28 bits per heavy atom. The van der Waals surface area contributed by atoms with Crippen molar-refractivity contribution in [1.29, 1.82) is 0 Å². The Morgan fingerprint density at radius 2 is 2.08 bits per heavy atom. The molecular formula is C20H23FN4. The number of halogens is 1. The average Bonchev–Trinajstić information content (AvgIpc) is 3.28. The first-order chi connectivity index (χ1) is 12.2. The highest BCUT2D eigenvalue weighted by molar-refractivity contribution is 5.60. The van der Waals surface area contributed by atoms with Gasteiger partial charge in [-0.15, -0.1) is 0 Å². The summed E-state index contributed by atoms with van der Waals surface area (Å²) < 4.78 is 15.7. The van der Waals surface area contributed by atoms with E-state index < -0.39 is 5.83 Å². The molecule has 1 saturated heterocycles. The molecule has 1 aliphatic rings. The molecule has 0 bridgehead atoms. The van der Waals surface area contributed by atoms with Gasteiger partial charge in [0.15, 0.2) is 0 Å². The molecule has 5 heteroatoms. The molecule has 0 radical (unpaired) electrons. The Morgan fingerprint density at radius 3 is 2.72 bits per heavy atom. The number of hydrogen-bond acceptors (Lipinski definition) is 3. The summed E-state index contributed by atoms with van der Waals surface area (Å²) in [6, 6.07) is 7.80. The van der Waals surface area contributed by atoms with E-state index in [1.165, 1.54) is 12.8 Å². The molecule has 0 saturated carbocycles. The molecule has 0 atom stereocenters. The minimum atomic E-state index is -0.430. The van der Waals surface area contributed by atoms with Crippen molar-refractivity contribution < 1.29 is 4.39 Å². The fraction of sp³-hybridized carbons (Fsp3) is 0.300. The summed E-state index contributed by atoms with van der Waals surface area (Å²) in [5.74, 6) is 0.575. The number of hydrogen-bond donors (Lipinski definition) is 0. The van der Waals surface area contributed by atoms with Crippen molar-refractivity contribution in [3.63, 3.8) is 0 Å². The summed E-state index contributed by atoms with van der Waals surface area (Å²) >= 11 is 0. The Labute approximate surface area is 148 Å². The van der Waals surface area contributed by atoms with Crippen molar-refractivity contribution in [2.45, 2.75) is 26.3 Å². The van der Waals surface area contributed by atoms with Crippen LogP contribution in [0.15, 0.2) is 66.7 Å². The lowest BCUT2D eigenvalue weighted by Crippen LogP contribution is -2.22. The summed E-state index contributed by atoms with van der Waals surface area (Å²) in [7, 11) is 0. The van der Waals surface area contributed by atoms with E-state index in [0.717, 1.165) is 30.3 Å². The van der Waals surface area contributed by atoms with Crippen LogP contribution in [0, 0.1) is 0 Å². The molecule has 2 aromatic rings. The smallest absolute Gasteiger partial charge is 0.127 e. The number of allylic oxidation sites excluding steroid dienone is 5. The van der Waals surface area contributed by atoms with E-state index in [2.05, 4.69) is 16.5 Å². The van der Waals surface area contributed by atoms with Crippen LogP contribution in [-0.4, -0.2) is 27.9 Å².